The van der Waals surface area contributed by atoms with Gasteiger partial charge in [0.25, 0.3) is 6.04 Å². The number of benzene rings is 2. The second kappa shape index (κ2) is 9.01. The maximum atomic E-state index is 13.3. The van der Waals surface area contributed by atoms with E-state index in [2.05, 4.69) is 0 Å². The van der Waals surface area contributed by atoms with Gasteiger partial charge in [-0.1, -0.05) is 60.7 Å². The van der Waals surface area contributed by atoms with E-state index in [0.29, 0.717) is 5.56 Å². The third-order valence-electron chi connectivity index (χ3n) is 6.45. The van der Waals surface area contributed by atoms with Crippen molar-refractivity contribution in [2.45, 2.75) is 44.4 Å². The van der Waals surface area contributed by atoms with Gasteiger partial charge in [-0.25, -0.2) is 4.79 Å². The molecule has 9 nitrogen and oxygen atoms in total. The molecule has 4 atom stereocenters. The SMILES string of the molecule is CC(=O)O[C@H]1CC[C@]2(CN(Cc3ccccc3)C(=O)OC2=O)[C@@H](c2ccccc2)[C@@H]1[N+](=O)[O-]. The molecule has 0 N–H and O–H groups in total. The van der Waals surface area contributed by atoms with Crippen molar-refractivity contribution in [1.29, 1.82) is 0 Å². The molecule has 1 heterocycles. The number of hydrogen-bond acceptors (Lipinski definition) is 7. The van der Waals surface area contributed by atoms with E-state index in [1.54, 1.807) is 30.3 Å². The third kappa shape index (κ3) is 4.30. The Balaban J connectivity index is 1.78. The smallest absolute Gasteiger partial charge is 0.417 e. The standard InChI is InChI=1S/C24H24N2O7/c1-16(27)32-19-12-13-24(20(21(19)26(30)31)18-10-6-3-7-11-18)15-25(23(29)33-22(24)28)14-17-8-4-2-5-9-17/h2-11,19-21H,12-15H2,1H3/t19-,20-,21+,24-/m0/s1. The number of esters is 2. The molecule has 1 spiro atoms. The molecule has 2 aromatic rings. The number of ether oxygens (including phenoxy) is 2. The number of nitrogens with zero attached hydrogens (tertiary/aromatic N) is 2. The van der Waals surface area contributed by atoms with E-state index >= 15 is 0 Å². The summed E-state index contributed by atoms with van der Waals surface area (Å²) in [5.74, 6) is -2.36. The fraction of sp³-hybridized carbons (Fsp3) is 0.375. The Morgan fingerprint density at radius 1 is 1.15 bits per heavy atom. The highest BCUT2D eigenvalue weighted by Gasteiger charge is 2.64. The molecule has 0 radical (unpaired) electrons. The first kappa shape index (κ1) is 22.4. The molecule has 1 aliphatic carbocycles. The average molecular weight is 452 g/mol. The highest BCUT2D eigenvalue weighted by molar-refractivity contribution is 5.92. The molecular weight excluding hydrogens is 428 g/mol. The summed E-state index contributed by atoms with van der Waals surface area (Å²) in [6.45, 7) is 1.37. The van der Waals surface area contributed by atoms with Crippen LogP contribution in [-0.4, -0.2) is 46.5 Å². The first-order chi connectivity index (χ1) is 15.8. The summed E-state index contributed by atoms with van der Waals surface area (Å²) in [6.07, 6.45) is -1.49. The fourth-order valence-corrected chi connectivity index (χ4v) is 5.09. The van der Waals surface area contributed by atoms with Gasteiger partial charge in [-0.2, -0.15) is 0 Å². The lowest BCUT2D eigenvalue weighted by Gasteiger charge is -2.49. The summed E-state index contributed by atoms with van der Waals surface area (Å²) < 4.78 is 10.5. The summed E-state index contributed by atoms with van der Waals surface area (Å²) in [7, 11) is 0. The number of carbonyl (C=O) groups excluding carboxylic acids is 3. The molecular formula is C24H24N2O7. The van der Waals surface area contributed by atoms with Crippen molar-refractivity contribution in [1.82, 2.24) is 4.90 Å². The van der Waals surface area contributed by atoms with Crippen LogP contribution in [0, 0.1) is 15.5 Å². The molecule has 0 unspecified atom stereocenters. The molecule has 2 fully saturated rings. The van der Waals surface area contributed by atoms with Crippen LogP contribution < -0.4 is 0 Å². The minimum atomic E-state index is -1.37. The second-order valence-electron chi connectivity index (χ2n) is 8.50. The zero-order chi connectivity index (χ0) is 23.6. The van der Waals surface area contributed by atoms with Crippen molar-refractivity contribution in [3.63, 3.8) is 0 Å². The summed E-state index contributed by atoms with van der Waals surface area (Å²) in [5.41, 5.74) is 0.0509. The maximum absolute atomic E-state index is 13.3. The monoisotopic (exact) mass is 452 g/mol. The molecule has 172 valence electrons. The minimum absolute atomic E-state index is 0.0315. The van der Waals surface area contributed by atoms with E-state index in [1.807, 2.05) is 30.3 Å². The Morgan fingerprint density at radius 3 is 2.39 bits per heavy atom. The van der Waals surface area contributed by atoms with E-state index in [1.165, 1.54) is 11.8 Å². The summed E-state index contributed by atoms with van der Waals surface area (Å²) in [5, 5.41) is 12.3. The van der Waals surface area contributed by atoms with Gasteiger partial charge in [0.2, 0.25) is 0 Å². The van der Waals surface area contributed by atoms with Gasteiger partial charge in [-0.05, 0) is 24.0 Å². The van der Waals surface area contributed by atoms with Crippen molar-refractivity contribution in [2.24, 2.45) is 5.41 Å². The second-order valence-corrected chi connectivity index (χ2v) is 8.50. The Labute approximate surface area is 190 Å². The molecule has 2 aliphatic rings. The predicted molar refractivity (Wildman–Crippen MR) is 116 cm³/mol. The van der Waals surface area contributed by atoms with Crippen LogP contribution in [0.5, 0.6) is 0 Å². The highest BCUT2D eigenvalue weighted by atomic mass is 16.6. The Kier molecular flexibility index (Phi) is 6.13. The predicted octanol–water partition coefficient (Wildman–Crippen LogP) is 3.31. The maximum Gasteiger partial charge on any atom is 0.417 e. The quantitative estimate of drug-likeness (QED) is 0.296. The van der Waals surface area contributed by atoms with Gasteiger partial charge in [-0.15, -0.1) is 0 Å². The van der Waals surface area contributed by atoms with Gasteiger partial charge in [-0.3, -0.25) is 19.7 Å². The Hall–Kier alpha value is -3.75. The number of hydrogen-bond donors (Lipinski definition) is 0. The summed E-state index contributed by atoms with van der Waals surface area (Å²) in [4.78, 5) is 50.7. The number of cyclic esters (lactones) is 2. The number of rotatable bonds is 5. The first-order valence-electron chi connectivity index (χ1n) is 10.7. The molecule has 0 bridgehead atoms. The van der Waals surface area contributed by atoms with E-state index in [-0.39, 0.29) is 25.9 Å². The van der Waals surface area contributed by atoms with E-state index in [9.17, 15) is 24.5 Å². The summed E-state index contributed by atoms with van der Waals surface area (Å²) in [6, 6.07) is 16.5. The fourth-order valence-electron chi connectivity index (χ4n) is 5.09. The molecule has 2 aromatic carbocycles. The van der Waals surface area contributed by atoms with Gasteiger partial charge < -0.3 is 14.4 Å². The van der Waals surface area contributed by atoms with Crippen LogP contribution in [-0.2, 0) is 25.6 Å². The molecule has 4 rings (SSSR count). The van der Waals surface area contributed by atoms with Gasteiger partial charge >= 0.3 is 18.0 Å². The summed E-state index contributed by atoms with van der Waals surface area (Å²) >= 11 is 0. The number of carbonyl (C=O) groups is 3. The minimum Gasteiger partial charge on any atom is -0.455 e. The molecule has 1 saturated carbocycles. The van der Waals surface area contributed by atoms with Crippen molar-refractivity contribution in [3.8, 4) is 0 Å². The molecule has 1 saturated heterocycles. The van der Waals surface area contributed by atoms with Crippen LogP contribution in [0.3, 0.4) is 0 Å². The lowest BCUT2D eigenvalue weighted by molar-refractivity contribution is -0.545. The van der Waals surface area contributed by atoms with Gasteiger partial charge in [0.15, 0.2) is 6.10 Å². The first-order valence-corrected chi connectivity index (χ1v) is 10.7. The van der Waals surface area contributed by atoms with Crippen molar-refractivity contribution >= 4 is 18.0 Å². The van der Waals surface area contributed by atoms with Crippen molar-refractivity contribution in [3.05, 3.63) is 81.9 Å². The number of amides is 1. The van der Waals surface area contributed by atoms with Gasteiger partial charge in [0.1, 0.15) is 0 Å². The highest BCUT2D eigenvalue weighted by Crippen LogP contribution is 2.52. The Bertz CT molecular complexity index is 1060. The zero-order valence-electron chi connectivity index (χ0n) is 18.1. The molecule has 33 heavy (non-hydrogen) atoms. The lowest BCUT2D eigenvalue weighted by Crippen LogP contribution is -2.62. The van der Waals surface area contributed by atoms with Crippen LogP contribution in [0.2, 0.25) is 0 Å². The van der Waals surface area contributed by atoms with Crippen molar-refractivity contribution in [2.75, 3.05) is 6.54 Å². The van der Waals surface area contributed by atoms with Crippen LogP contribution >= 0.6 is 0 Å². The normalized spacial score (nSPS) is 27.2. The number of nitro groups is 1. The Morgan fingerprint density at radius 2 is 1.79 bits per heavy atom. The van der Waals surface area contributed by atoms with E-state index < -0.39 is 46.4 Å². The van der Waals surface area contributed by atoms with Crippen LogP contribution in [0.15, 0.2) is 60.7 Å². The largest absolute Gasteiger partial charge is 0.455 e. The lowest BCUT2D eigenvalue weighted by atomic mass is 9.60. The molecule has 1 aliphatic heterocycles. The zero-order valence-corrected chi connectivity index (χ0v) is 18.1. The molecule has 0 aromatic heterocycles. The average Bonchev–Trinajstić information content (AvgIpc) is 2.79. The topological polar surface area (TPSA) is 116 Å². The van der Waals surface area contributed by atoms with Crippen LogP contribution in [0.25, 0.3) is 0 Å². The van der Waals surface area contributed by atoms with Crippen molar-refractivity contribution < 1.29 is 28.8 Å². The third-order valence-corrected chi connectivity index (χ3v) is 6.45. The van der Waals surface area contributed by atoms with Gasteiger partial charge in [0.05, 0.1) is 11.3 Å². The molecule has 1 amide bonds. The van der Waals surface area contributed by atoms with Crippen LogP contribution in [0.4, 0.5) is 4.79 Å². The van der Waals surface area contributed by atoms with E-state index in [0.717, 1.165) is 5.56 Å². The van der Waals surface area contributed by atoms with Crippen LogP contribution in [0.1, 0.15) is 36.8 Å². The molecule has 9 heteroatoms. The van der Waals surface area contributed by atoms with E-state index in [4.69, 9.17) is 9.47 Å². The van der Waals surface area contributed by atoms with Gasteiger partial charge in [0, 0.05) is 24.9 Å².